The molecule has 0 aromatic heterocycles. The molecule has 0 radical (unpaired) electrons. The average molecular weight is 287 g/mol. The third-order valence-corrected chi connectivity index (χ3v) is 5.17. The van der Waals surface area contributed by atoms with Crippen molar-refractivity contribution in [2.75, 3.05) is 12.3 Å². The maximum atomic E-state index is 12.2. The number of hydrogen-bond donors (Lipinski definition) is 1. The SMILES string of the molecule is CCC1CCCCN1C(=O)CSC(C(=O)O)C(C)C. The van der Waals surface area contributed by atoms with E-state index in [1.165, 1.54) is 18.2 Å². The average Bonchev–Trinajstić information content (AvgIpc) is 2.37. The summed E-state index contributed by atoms with van der Waals surface area (Å²) in [5, 5.41) is 8.63. The number of carbonyl (C=O) groups excluding carboxylic acids is 1. The van der Waals surface area contributed by atoms with Crippen molar-refractivity contribution < 1.29 is 14.7 Å². The van der Waals surface area contributed by atoms with E-state index in [9.17, 15) is 9.59 Å². The minimum absolute atomic E-state index is 0.0404. The minimum Gasteiger partial charge on any atom is -0.480 e. The van der Waals surface area contributed by atoms with E-state index in [-0.39, 0.29) is 17.6 Å². The highest BCUT2D eigenvalue weighted by Gasteiger charge is 2.28. The highest BCUT2D eigenvalue weighted by Crippen LogP contribution is 2.24. The third-order valence-electron chi connectivity index (χ3n) is 3.65. The maximum absolute atomic E-state index is 12.2. The zero-order valence-corrected chi connectivity index (χ0v) is 12.9. The first kappa shape index (κ1) is 16.3. The van der Waals surface area contributed by atoms with Crippen LogP contribution in [0.2, 0.25) is 0 Å². The van der Waals surface area contributed by atoms with Gasteiger partial charge in [-0.25, -0.2) is 0 Å². The molecule has 0 spiro atoms. The zero-order chi connectivity index (χ0) is 14.4. The van der Waals surface area contributed by atoms with Crippen molar-refractivity contribution >= 4 is 23.6 Å². The predicted octanol–water partition coefficient (Wildman–Crippen LogP) is 2.62. The lowest BCUT2D eigenvalue weighted by molar-refractivity contribution is -0.137. The van der Waals surface area contributed by atoms with Crippen LogP contribution in [0.15, 0.2) is 0 Å². The molecule has 1 heterocycles. The van der Waals surface area contributed by atoms with Crippen LogP contribution in [0.25, 0.3) is 0 Å². The number of nitrogens with zero attached hydrogens (tertiary/aromatic N) is 1. The van der Waals surface area contributed by atoms with Crippen LogP contribution in [-0.4, -0.2) is 45.5 Å². The highest BCUT2D eigenvalue weighted by molar-refractivity contribution is 8.01. The summed E-state index contributed by atoms with van der Waals surface area (Å²) >= 11 is 1.26. The lowest BCUT2D eigenvalue weighted by Crippen LogP contribution is -2.44. The molecule has 2 atom stereocenters. The fourth-order valence-corrected chi connectivity index (χ4v) is 3.56. The van der Waals surface area contributed by atoms with Crippen LogP contribution in [0.4, 0.5) is 0 Å². The fraction of sp³-hybridized carbons (Fsp3) is 0.857. The monoisotopic (exact) mass is 287 g/mol. The number of carbonyl (C=O) groups is 2. The topological polar surface area (TPSA) is 57.6 Å². The molecule has 1 amide bonds. The first-order valence-corrected chi connectivity index (χ1v) is 8.16. The van der Waals surface area contributed by atoms with Crippen LogP contribution in [0, 0.1) is 5.92 Å². The van der Waals surface area contributed by atoms with Gasteiger partial charge in [0.05, 0.1) is 5.75 Å². The number of carboxylic acids is 1. The second-order valence-corrected chi connectivity index (χ2v) is 6.59. The fourth-order valence-electron chi connectivity index (χ4n) is 2.55. The number of amides is 1. The Morgan fingerprint density at radius 2 is 2.05 bits per heavy atom. The molecule has 1 saturated heterocycles. The van der Waals surface area contributed by atoms with Crippen molar-refractivity contribution in [2.45, 2.75) is 57.7 Å². The standard InChI is InChI=1S/C14H25NO3S/c1-4-11-7-5-6-8-15(11)12(16)9-19-13(10(2)3)14(17)18/h10-11,13H,4-9H2,1-3H3,(H,17,18). The second kappa shape index (κ2) is 7.78. The predicted molar refractivity (Wildman–Crippen MR) is 78.4 cm³/mol. The van der Waals surface area contributed by atoms with Crippen molar-refractivity contribution in [3.05, 3.63) is 0 Å². The minimum atomic E-state index is -0.821. The van der Waals surface area contributed by atoms with E-state index in [1.54, 1.807) is 0 Å². The Labute approximate surface area is 119 Å². The molecular formula is C14H25NO3S. The van der Waals surface area contributed by atoms with Gasteiger partial charge < -0.3 is 10.0 Å². The van der Waals surface area contributed by atoms with Crippen LogP contribution in [-0.2, 0) is 9.59 Å². The highest BCUT2D eigenvalue weighted by atomic mass is 32.2. The second-order valence-electron chi connectivity index (χ2n) is 5.46. The van der Waals surface area contributed by atoms with Gasteiger partial charge in [0.15, 0.2) is 0 Å². The summed E-state index contributed by atoms with van der Waals surface area (Å²) in [4.78, 5) is 25.3. The Kier molecular flexibility index (Phi) is 6.69. The molecule has 4 nitrogen and oxygen atoms in total. The van der Waals surface area contributed by atoms with Gasteiger partial charge in [-0.05, 0) is 31.6 Å². The summed E-state index contributed by atoms with van der Waals surface area (Å²) < 4.78 is 0. The first-order valence-electron chi connectivity index (χ1n) is 7.11. The van der Waals surface area contributed by atoms with Gasteiger partial charge in [-0.3, -0.25) is 9.59 Å². The van der Waals surface area contributed by atoms with Crippen LogP contribution in [0.5, 0.6) is 0 Å². The number of likely N-dealkylation sites (tertiary alicyclic amines) is 1. The van der Waals surface area contributed by atoms with Crippen molar-refractivity contribution in [1.29, 1.82) is 0 Å². The molecule has 2 unspecified atom stereocenters. The molecule has 0 aromatic carbocycles. The number of aliphatic carboxylic acids is 1. The van der Waals surface area contributed by atoms with E-state index in [0.29, 0.717) is 6.04 Å². The Hall–Kier alpha value is -0.710. The van der Waals surface area contributed by atoms with Gasteiger partial charge in [0.2, 0.25) is 5.91 Å². The van der Waals surface area contributed by atoms with Gasteiger partial charge in [-0.2, -0.15) is 0 Å². The van der Waals surface area contributed by atoms with E-state index in [0.717, 1.165) is 25.8 Å². The normalized spacial score (nSPS) is 21.5. The summed E-state index contributed by atoms with van der Waals surface area (Å²) in [5.74, 6) is -0.397. The van der Waals surface area contributed by atoms with E-state index in [1.807, 2.05) is 18.7 Å². The summed E-state index contributed by atoms with van der Waals surface area (Å²) in [6.07, 6.45) is 4.33. The molecule has 0 aliphatic carbocycles. The van der Waals surface area contributed by atoms with Crippen molar-refractivity contribution in [1.82, 2.24) is 4.90 Å². The maximum Gasteiger partial charge on any atom is 0.316 e. The van der Waals surface area contributed by atoms with Crippen LogP contribution < -0.4 is 0 Å². The molecule has 110 valence electrons. The Morgan fingerprint density at radius 3 is 2.58 bits per heavy atom. The molecule has 1 aliphatic heterocycles. The lowest BCUT2D eigenvalue weighted by Gasteiger charge is -2.35. The van der Waals surface area contributed by atoms with Crippen molar-refractivity contribution in [3.8, 4) is 0 Å². The summed E-state index contributed by atoms with van der Waals surface area (Å²) in [6, 6.07) is 0.351. The van der Waals surface area contributed by atoms with Crippen molar-refractivity contribution in [3.63, 3.8) is 0 Å². The van der Waals surface area contributed by atoms with Crippen LogP contribution in [0.3, 0.4) is 0 Å². The molecule has 1 N–H and O–H groups in total. The third kappa shape index (κ3) is 4.71. The number of rotatable bonds is 6. The molecule has 0 bridgehead atoms. The largest absolute Gasteiger partial charge is 0.480 e. The quantitative estimate of drug-likeness (QED) is 0.816. The smallest absolute Gasteiger partial charge is 0.316 e. The summed E-state index contributed by atoms with van der Waals surface area (Å²) in [7, 11) is 0. The van der Waals surface area contributed by atoms with E-state index >= 15 is 0 Å². The number of hydrogen-bond acceptors (Lipinski definition) is 3. The molecular weight excluding hydrogens is 262 g/mol. The zero-order valence-electron chi connectivity index (χ0n) is 12.1. The molecule has 0 aromatic rings. The Morgan fingerprint density at radius 1 is 1.37 bits per heavy atom. The summed E-state index contributed by atoms with van der Waals surface area (Å²) in [6.45, 7) is 6.70. The van der Waals surface area contributed by atoms with Gasteiger partial charge in [-0.1, -0.05) is 20.8 Å². The first-order chi connectivity index (χ1) is 8.97. The summed E-state index contributed by atoms with van der Waals surface area (Å²) in [5.41, 5.74) is 0. The number of piperidine rings is 1. The van der Waals surface area contributed by atoms with E-state index in [2.05, 4.69) is 6.92 Å². The molecule has 1 fully saturated rings. The van der Waals surface area contributed by atoms with Crippen LogP contribution >= 0.6 is 11.8 Å². The molecule has 1 aliphatic rings. The lowest BCUT2D eigenvalue weighted by atomic mass is 10.0. The number of carboxylic acid groups (broad SMARTS) is 1. The van der Waals surface area contributed by atoms with Crippen LogP contribution in [0.1, 0.15) is 46.5 Å². The molecule has 19 heavy (non-hydrogen) atoms. The number of thioether (sulfide) groups is 1. The van der Waals surface area contributed by atoms with Gasteiger partial charge in [0.1, 0.15) is 5.25 Å². The Bertz CT molecular complexity index is 320. The Balaban J connectivity index is 2.51. The molecule has 0 saturated carbocycles. The molecule has 1 rings (SSSR count). The van der Waals surface area contributed by atoms with Gasteiger partial charge >= 0.3 is 5.97 Å². The van der Waals surface area contributed by atoms with E-state index in [4.69, 9.17) is 5.11 Å². The molecule has 5 heteroatoms. The van der Waals surface area contributed by atoms with Gasteiger partial charge in [0.25, 0.3) is 0 Å². The van der Waals surface area contributed by atoms with Gasteiger partial charge in [0, 0.05) is 12.6 Å². The van der Waals surface area contributed by atoms with E-state index < -0.39 is 11.2 Å². The van der Waals surface area contributed by atoms with Gasteiger partial charge in [-0.15, -0.1) is 11.8 Å². The van der Waals surface area contributed by atoms with Crippen molar-refractivity contribution in [2.24, 2.45) is 5.92 Å².